The molecule has 0 N–H and O–H groups in total. The molecule has 4 rings (SSSR count). The Morgan fingerprint density at radius 1 is 1.12 bits per heavy atom. The highest BCUT2D eigenvalue weighted by atomic mass is 35.5. The molecule has 0 unspecified atom stereocenters. The summed E-state index contributed by atoms with van der Waals surface area (Å²) in [5.74, 6) is -0.100. The van der Waals surface area contributed by atoms with Crippen LogP contribution in [0.25, 0.3) is 11.0 Å². The number of carbonyl (C=O) groups excluding carboxylic acids is 1. The number of aromatic nitrogens is 3. The van der Waals surface area contributed by atoms with Crippen molar-refractivity contribution in [2.24, 2.45) is 0 Å². The Morgan fingerprint density at radius 2 is 1.92 bits per heavy atom. The summed E-state index contributed by atoms with van der Waals surface area (Å²) in [5.41, 5.74) is 3.80. The SMILES string of the molecule is CCn1ncc2c3c(cnc21)C(=O)N(C)c1ccc(Cl)cc1N3C. The molecule has 0 spiro atoms. The molecule has 1 aliphatic heterocycles. The number of anilines is 3. The van der Waals surface area contributed by atoms with E-state index in [9.17, 15) is 4.79 Å². The molecule has 24 heavy (non-hydrogen) atoms. The highest BCUT2D eigenvalue weighted by molar-refractivity contribution is 6.31. The first-order chi connectivity index (χ1) is 11.5. The van der Waals surface area contributed by atoms with Gasteiger partial charge in [-0.1, -0.05) is 11.6 Å². The summed E-state index contributed by atoms with van der Waals surface area (Å²) in [6.07, 6.45) is 3.40. The molecule has 2 aromatic heterocycles. The van der Waals surface area contributed by atoms with Gasteiger partial charge in [0.25, 0.3) is 5.91 Å². The van der Waals surface area contributed by atoms with Gasteiger partial charge in [0, 0.05) is 31.9 Å². The Balaban J connectivity index is 2.08. The van der Waals surface area contributed by atoms with Gasteiger partial charge in [-0.05, 0) is 25.1 Å². The van der Waals surface area contributed by atoms with Crippen molar-refractivity contribution >= 4 is 45.6 Å². The van der Waals surface area contributed by atoms with Crippen LogP contribution in [-0.2, 0) is 6.54 Å². The van der Waals surface area contributed by atoms with Crippen LogP contribution in [0.2, 0.25) is 5.02 Å². The lowest BCUT2D eigenvalue weighted by Gasteiger charge is -2.22. The van der Waals surface area contributed by atoms with Crippen LogP contribution in [0.1, 0.15) is 17.3 Å². The molecule has 0 bridgehead atoms. The molecule has 0 fully saturated rings. The molecular formula is C17H16ClN5O. The highest BCUT2D eigenvalue weighted by Gasteiger charge is 2.30. The summed E-state index contributed by atoms with van der Waals surface area (Å²) >= 11 is 6.19. The monoisotopic (exact) mass is 341 g/mol. The van der Waals surface area contributed by atoms with Gasteiger partial charge in [0.2, 0.25) is 0 Å². The number of benzene rings is 1. The lowest BCUT2D eigenvalue weighted by atomic mass is 10.1. The second-order valence-electron chi connectivity index (χ2n) is 5.77. The summed E-state index contributed by atoms with van der Waals surface area (Å²) in [4.78, 5) is 21.0. The van der Waals surface area contributed by atoms with Gasteiger partial charge >= 0.3 is 0 Å². The molecule has 0 atom stereocenters. The summed E-state index contributed by atoms with van der Waals surface area (Å²) in [7, 11) is 3.70. The van der Waals surface area contributed by atoms with Gasteiger partial charge in [0.1, 0.15) is 0 Å². The standard InChI is InChI=1S/C17H16ClN5O/c1-4-23-16-11(9-20-23)15-12(8-19-16)17(24)22(3)13-6-5-10(18)7-14(13)21(15)2/h5-9H,4H2,1-3H3. The van der Waals surface area contributed by atoms with Crippen molar-refractivity contribution in [3.8, 4) is 0 Å². The maximum Gasteiger partial charge on any atom is 0.261 e. The Hall–Kier alpha value is -2.60. The maximum atomic E-state index is 12.9. The van der Waals surface area contributed by atoms with E-state index in [2.05, 4.69) is 10.1 Å². The third-order valence-electron chi connectivity index (χ3n) is 4.47. The number of halogens is 1. The number of nitrogens with zero attached hydrogens (tertiary/aromatic N) is 5. The summed E-state index contributed by atoms with van der Waals surface area (Å²) < 4.78 is 1.82. The third-order valence-corrected chi connectivity index (χ3v) is 4.70. The molecule has 6 nitrogen and oxygen atoms in total. The van der Waals surface area contributed by atoms with Gasteiger partial charge < -0.3 is 9.80 Å². The fourth-order valence-electron chi connectivity index (χ4n) is 3.22. The number of aryl methyl sites for hydroxylation is 1. The van der Waals surface area contributed by atoms with Gasteiger partial charge in [0.15, 0.2) is 5.65 Å². The summed E-state index contributed by atoms with van der Waals surface area (Å²) in [6, 6.07) is 5.52. The van der Waals surface area contributed by atoms with Crippen molar-refractivity contribution in [2.75, 3.05) is 23.9 Å². The molecule has 1 amide bonds. The lowest BCUT2D eigenvalue weighted by molar-refractivity contribution is 0.0994. The smallest absolute Gasteiger partial charge is 0.261 e. The average Bonchev–Trinajstić information content (AvgIpc) is 2.99. The molecule has 3 aromatic rings. The molecule has 7 heteroatoms. The average molecular weight is 342 g/mol. The minimum atomic E-state index is -0.100. The van der Waals surface area contributed by atoms with E-state index in [1.165, 1.54) is 0 Å². The third kappa shape index (κ3) is 1.93. The van der Waals surface area contributed by atoms with E-state index in [0.29, 0.717) is 10.6 Å². The molecule has 122 valence electrons. The van der Waals surface area contributed by atoms with Crippen molar-refractivity contribution in [3.05, 3.63) is 41.2 Å². The minimum absolute atomic E-state index is 0.100. The van der Waals surface area contributed by atoms with E-state index in [0.717, 1.165) is 34.6 Å². The highest BCUT2D eigenvalue weighted by Crippen LogP contribution is 2.42. The van der Waals surface area contributed by atoms with E-state index in [1.807, 2.05) is 35.7 Å². The number of amides is 1. The van der Waals surface area contributed by atoms with Gasteiger partial charge in [0.05, 0.1) is 34.2 Å². The van der Waals surface area contributed by atoms with Crippen LogP contribution in [0, 0.1) is 0 Å². The molecule has 1 aliphatic rings. The number of rotatable bonds is 1. The van der Waals surface area contributed by atoms with Crippen LogP contribution < -0.4 is 9.80 Å². The number of hydrogen-bond donors (Lipinski definition) is 0. The number of fused-ring (bicyclic) bond motifs is 4. The molecule has 0 saturated heterocycles. The van der Waals surface area contributed by atoms with Crippen LogP contribution in [0.5, 0.6) is 0 Å². The van der Waals surface area contributed by atoms with Gasteiger partial charge in [-0.25, -0.2) is 9.67 Å². The van der Waals surface area contributed by atoms with Crippen molar-refractivity contribution in [1.29, 1.82) is 0 Å². The Morgan fingerprint density at radius 3 is 2.67 bits per heavy atom. The van der Waals surface area contributed by atoms with Crippen LogP contribution >= 0.6 is 11.6 Å². The van der Waals surface area contributed by atoms with Gasteiger partial charge in [-0.2, -0.15) is 5.10 Å². The van der Waals surface area contributed by atoms with Crippen molar-refractivity contribution < 1.29 is 4.79 Å². The van der Waals surface area contributed by atoms with Crippen LogP contribution in [0.15, 0.2) is 30.6 Å². The Kier molecular flexibility index (Phi) is 3.25. The zero-order valence-electron chi connectivity index (χ0n) is 13.6. The second kappa shape index (κ2) is 5.21. The molecule has 0 aliphatic carbocycles. The molecule has 0 radical (unpaired) electrons. The fraction of sp³-hybridized carbons (Fsp3) is 0.235. The topological polar surface area (TPSA) is 54.3 Å². The molecule has 3 heterocycles. The van der Waals surface area contributed by atoms with E-state index in [1.54, 1.807) is 30.4 Å². The van der Waals surface area contributed by atoms with Crippen molar-refractivity contribution in [3.63, 3.8) is 0 Å². The van der Waals surface area contributed by atoms with E-state index < -0.39 is 0 Å². The zero-order chi connectivity index (χ0) is 17.0. The van der Waals surface area contributed by atoms with E-state index in [4.69, 9.17) is 11.6 Å². The van der Waals surface area contributed by atoms with Gasteiger partial charge in [-0.15, -0.1) is 0 Å². The molecule has 0 saturated carbocycles. The van der Waals surface area contributed by atoms with Crippen LogP contribution in [-0.4, -0.2) is 34.8 Å². The number of carbonyl (C=O) groups is 1. The Labute approximate surface area is 144 Å². The quantitative estimate of drug-likeness (QED) is 0.680. The summed E-state index contributed by atoms with van der Waals surface area (Å²) in [5, 5.41) is 5.86. The van der Waals surface area contributed by atoms with Crippen LogP contribution in [0.4, 0.5) is 17.1 Å². The normalized spacial score (nSPS) is 13.9. The van der Waals surface area contributed by atoms with Gasteiger partial charge in [-0.3, -0.25) is 4.79 Å². The van der Waals surface area contributed by atoms with E-state index in [-0.39, 0.29) is 5.91 Å². The lowest BCUT2D eigenvalue weighted by Crippen LogP contribution is -2.25. The Bertz CT molecular complexity index is 981. The predicted octanol–water partition coefficient (Wildman–Crippen LogP) is 3.46. The maximum absolute atomic E-state index is 12.9. The fourth-order valence-corrected chi connectivity index (χ4v) is 3.39. The zero-order valence-corrected chi connectivity index (χ0v) is 14.4. The number of pyridine rings is 1. The first kappa shape index (κ1) is 15.0. The van der Waals surface area contributed by atoms with E-state index >= 15 is 0 Å². The predicted molar refractivity (Wildman–Crippen MR) is 95.5 cm³/mol. The molecular weight excluding hydrogens is 326 g/mol. The molecule has 1 aromatic carbocycles. The van der Waals surface area contributed by atoms with Crippen molar-refractivity contribution in [2.45, 2.75) is 13.5 Å². The second-order valence-corrected chi connectivity index (χ2v) is 6.21. The van der Waals surface area contributed by atoms with Crippen molar-refractivity contribution in [1.82, 2.24) is 14.8 Å². The summed E-state index contributed by atoms with van der Waals surface area (Å²) in [6.45, 7) is 2.73. The minimum Gasteiger partial charge on any atom is -0.342 e. The first-order valence-corrected chi connectivity index (χ1v) is 8.06. The van der Waals surface area contributed by atoms with Crippen LogP contribution in [0.3, 0.4) is 0 Å². The number of hydrogen-bond acceptors (Lipinski definition) is 4. The first-order valence-electron chi connectivity index (χ1n) is 7.68. The largest absolute Gasteiger partial charge is 0.342 e.